The molecule has 0 aromatic rings. The van der Waals surface area contributed by atoms with Crippen molar-refractivity contribution in [1.29, 1.82) is 0 Å². The topological polar surface area (TPSA) is 29.1 Å². The number of nitrogens with one attached hydrogen (secondary N) is 1. The number of carbonyl (C=O) groups excluding carboxylic acids is 1. The van der Waals surface area contributed by atoms with E-state index in [4.69, 9.17) is 0 Å². The predicted molar refractivity (Wildman–Crippen MR) is 40.2 cm³/mol. The first-order valence-electron chi connectivity index (χ1n) is 3.49. The van der Waals surface area contributed by atoms with Crippen molar-refractivity contribution < 1.29 is 4.79 Å². The van der Waals surface area contributed by atoms with Gasteiger partial charge in [0.2, 0.25) is 5.91 Å². The lowest BCUT2D eigenvalue weighted by molar-refractivity contribution is -0.122. The van der Waals surface area contributed by atoms with Crippen molar-refractivity contribution in [2.45, 2.75) is 20.3 Å². The van der Waals surface area contributed by atoms with Gasteiger partial charge in [-0.25, -0.2) is 0 Å². The van der Waals surface area contributed by atoms with Gasteiger partial charge in [0.15, 0.2) is 0 Å². The van der Waals surface area contributed by atoms with E-state index in [0.717, 1.165) is 6.42 Å². The van der Waals surface area contributed by atoms with Gasteiger partial charge < -0.3 is 5.32 Å². The molecule has 1 amide bonds. The Morgan fingerprint density at radius 2 is 2.30 bits per heavy atom. The molecule has 1 fully saturated rings. The molecule has 0 spiro atoms. The van der Waals surface area contributed by atoms with Crippen LogP contribution in [0.1, 0.15) is 20.3 Å². The van der Waals surface area contributed by atoms with E-state index in [9.17, 15) is 4.79 Å². The zero-order valence-electron chi connectivity index (χ0n) is 6.48. The van der Waals surface area contributed by atoms with Gasteiger partial charge in [0, 0.05) is 5.92 Å². The van der Waals surface area contributed by atoms with E-state index < -0.39 is 0 Å². The molecule has 1 aliphatic carbocycles. The van der Waals surface area contributed by atoms with Crippen LogP contribution in [-0.2, 0) is 4.79 Å². The second kappa shape index (κ2) is 2.11. The van der Waals surface area contributed by atoms with Crippen molar-refractivity contribution >= 4 is 5.91 Å². The summed E-state index contributed by atoms with van der Waals surface area (Å²) in [7, 11) is 0. The molecule has 1 rings (SSSR count). The van der Waals surface area contributed by atoms with Crippen molar-refractivity contribution in [2.75, 3.05) is 0 Å². The lowest BCUT2D eigenvalue weighted by Gasteiger charge is -2.00. The van der Waals surface area contributed by atoms with Crippen molar-refractivity contribution in [2.24, 2.45) is 11.3 Å². The zero-order chi connectivity index (χ0) is 7.78. The Balaban J connectivity index is 2.40. The minimum Gasteiger partial charge on any atom is -0.333 e. The van der Waals surface area contributed by atoms with E-state index in [0.29, 0.717) is 0 Å². The number of hydrogen-bond donors (Lipinski definition) is 1. The second-order valence-electron chi connectivity index (χ2n) is 3.46. The molecule has 0 heterocycles. The van der Waals surface area contributed by atoms with Gasteiger partial charge in [0.05, 0.1) is 0 Å². The summed E-state index contributed by atoms with van der Waals surface area (Å²) in [6.45, 7) is 7.62. The van der Waals surface area contributed by atoms with Gasteiger partial charge in [0.25, 0.3) is 0 Å². The Hall–Kier alpha value is -0.790. The third-order valence-corrected chi connectivity index (χ3v) is 2.07. The maximum Gasteiger partial charge on any atom is 0.227 e. The van der Waals surface area contributed by atoms with Crippen LogP contribution in [0.3, 0.4) is 0 Å². The summed E-state index contributed by atoms with van der Waals surface area (Å²) in [5, 5.41) is 2.59. The highest BCUT2D eigenvalue weighted by Crippen LogP contribution is 2.51. The summed E-state index contributed by atoms with van der Waals surface area (Å²) < 4.78 is 0. The van der Waals surface area contributed by atoms with Crippen molar-refractivity contribution in [1.82, 2.24) is 5.32 Å². The molecule has 0 aliphatic heterocycles. The number of carbonyl (C=O) groups is 1. The second-order valence-corrected chi connectivity index (χ2v) is 3.46. The van der Waals surface area contributed by atoms with E-state index in [-0.39, 0.29) is 17.2 Å². The summed E-state index contributed by atoms with van der Waals surface area (Å²) >= 11 is 0. The first kappa shape index (κ1) is 7.32. The minimum absolute atomic E-state index is 0.111. The molecule has 1 N–H and O–H groups in total. The quantitative estimate of drug-likeness (QED) is 0.613. The third-order valence-electron chi connectivity index (χ3n) is 2.07. The molecule has 0 bridgehead atoms. The zero-order valence-corrected chi connectivity index (χ0v) is 6.48. The highest BCUT2D eigenvalue weighted by molar-refractivity contribution is 5.83. The predicted octanol–water partition coefficient (Wildman–Crippen LogP) is 1.29. The molecular formula is C8H13NO. The Morgan fingerprint density at radius 3 is 2.60 bits per heavy atom. The lowest BCUT2D eigenvalue weighted by Crippen LogP contribution is -2.20. The summed E-state index contributed by atoms with van der Waals surface area (Å²) in [6.07, 6.45) is 2.45. The Bertz CT molecular complexity index is 172. The lowest BCUT2D eigenvalue weighted by atomic mass is 10.1. The van der Waals surface area contributed by atoms with E-state index in [1.54, 1.807) is 0 Å². The molecule has 1 unspecified atom stereocenters. The highest BCUT2D eigenvalue weighted by Gasteiger charge is 2.50. The molecular weight excluding hydrogens is 126 g/mol. The van der Waals surface area contributed by atoms with E-state index in [2.05, 4.69) is 25.7 Å². The monoisotopic (exact) mass is 139 g/mol. The van der Waals surface area contributed by atoms with Gasteiger partial charge in [-0.3, -0.25) is 4.79 Å². The van der Waals surface area contributed by atoms with Crippen LogP contribution >= 0.6 is 0 Å². The molecule has 1 atom stereocenters. The van der Waals surface area contributed by atoms with Crippen molar-refractivity contribution in [3.05, 3.63) is 12.8 Å². The van der Waals surface area contributed by atoms with Crippen LogP contribution in [0.4, 0.5) is 0 Å². The first-order valence-corrected chi connectivity index (χ1v) is 3.49. The van der Waals surface area contributed by atoms with Crippen LogP contribution in [0.2, 0.25) is 0 Å². The number of rotatable bonds is 2. The number of amides is 1. The highest BCUT2D eigenvalue weighted by atomic mass is 16.2. The molecule has 10 heavy (non-hydrogen) atoms. The fourth-order valence-corrected chi connectivity index (χ4v) is 1.12. The average Bonchev–Trinajstić information content (AvgIpc) is 2.41. The van der Waals surface area contributed by atoms with Gasteiger partial charge in [-0.2, -0.15) is 0 Å². The average molecular weight is 139 g/mol. The van der Waals surface area contributed by atoms with E-state index in [1.807, 2.05) is 0 Å². The fraction of sp³-hybridized carbons (Fsp3) is 0.625. The largest absolute Gasteiger partial charge is 0.333 e. The summed E-state index contributed by atoms with van der Waals surface area (Å²) in [5.41, 5.74) is 0.229. The van der Waals surface area contributed by atoms with Crippen molar-refractivity contribution in [3.8, 4) is 0 Å². The number of hydrogen-bond acceptors (Lipinski definition) is 1. The standard InChI is InChI=1S/C8H13NO/c1-4-9-7(10)6-5-8(6,2)3/h4,6H,1,5H2,2-3H3,(H,9,10). The minimum atomic E-state index is 0.111. The van der Waals surface area contributed by atoms with Crippen LogP contribution in [0.15, 0.2) is 12.8 Å². The third kappa shape index (κ3) is 1.20. The molecule has 2 heteroatoms. The van der Waals surface area contributed by atoms with E-state index in [1.165, 1.54) is 6.20 Å². The van der Waals surface area contributed by atoms with Gasteiger partial charge in [-0.15, -0.1) is 0 Å². The summed E-state index contributed by atoms with van der Waals surface area (Å²) in [4.78, 5) is 11.0. The molecule has 0 aromatic carbocycles. The summed E-state index contributed by atoms with van der Waals surface area (Å²) in [6, 6.07) is 0. The van der Waals surface area contributed by atoms with Crippen LogP contribution in [0, 0.1) is 11.3 Å². The molecule has 1 saturated carbocycles. The van der Waals surface area contributed by atoms with Crippen LogP contribution in [-0.4, -0.2) is 5.91 Å². The van der Waals surface area contributed by atoms with Gasteiger partial charge in [-0.1, -0.05) is 20.4 Å². The molecule has 0 radical (unpaired) electrons. The van der Waals surface area contributed by atoms with Gasteiger partial charge >= 0.3 is 0 Å². The summed E-state index contributed by atoms with van der Waals surface area (Å²) in [5.74, 6) is 0.325. The van der Waals surface area contributed by atoms with Crippen LogP contribution in [0.25, 0.3) is 0 Å². The SMILES string of the molecule is C=CNC(=O)C1CC1(C)C. The molecule has 2 nitrogen and oxygen atoms in total. The maximum absolute atomic E-state index is 11.0. The normalized spacial score (nSPS) is 27.2. The molecule has 0 saturated heterocycles. The van der Waals surface area contributed by atoms with E-state index >= 15 is 0 Å². The Morgan fingerprint density at radius 1 is 1.80 bits per heavy atom. The van der Waals surface area contributed by atoms with Crippen LogP contribution in [0.5, 0.6) is 0 Å². The molecule has 56 valence electrons. The molecule has 0 aromatic heterocycles. The Labute approximate surface area is 61.3 Å². The Kier molecular flexibility index (Phi) is 1.55. The van der Waals surface area contributed by atoms with Crippen LogP contribution < -0.4 is 5.32 Å². The fourth-order valence-electron chi connectivity index (χ4n) is 1.12. The van der Waals surface area contributed by atoms with Gasteiger partial charge in [-0.05, 0) is 18.0 Å². The molecule has 1 aliphatic rings. The van der Waals surface area contributed by atoms with Crippen molar-refractivity contribution in [3.63, 3.8) is 0 Å². The smallest absolute Gasteiger partial charge is 0.227 e. The first-order chi connectivity index (χ1) is 4.58. The van der Waals surface area contributed by atoms with Gasteiger partial charge in [0.1, 0.15) is 0 Å². The maximum atomic E-state index is 11.0.